The van der Waals surface area contributed by atoms with Gasteiger partial charge in [-0.3, -0.25) is 4.79 Å². The fraction of sp³-hybridized carbons (Fsp3) is 0.929. The van der Waals surface area contributed by atoms with Gasteiger partial charge in [-0.25, -0.2) is 0 Å². The van der Waals surface area contributed by atoms with Crippen LogP contribution in [0.3, 0.4) is 0 Å². The summed E-state index contributed by atoms with van der Waals surface area (Å²) in [7, 11) is 0. The third-order valence-electron chi connectivity index (χ3n) is 2.49. The Morgan fingerprint density at radius 3 is 2.06 bits per heavy atom. The highest BCUT2D eigenvalue weighted by Crippen LogP contribution is 2.00. The van der Waals surface area contributed by atoms with E-state index in [1.54, 1.807) is 0 Å². The van der Waals surface area contributed by atoms with E-state index in [9.17, 15) is 4.79 Å². The Balaban J connectivity index is 3.08. The van der Waals surface area contributed by atoms with Crippen molar-refractivity contribution in [2.24, 2.45) is 0 Å². The van der Waals surface area contributed by atoms with Crippen LogP contribution in [0.2, 0.25) is 0 Å². The number of hydrogen-bond donors (Lipinski definition) is 0. The number of esters is 1. The molecular weight excluding hydrogens is 232 g/mol. The minimum atomic E-state index is -0.119. The zero-order valence-electron chi connectivity index (χ0n) is 11.9. The lowest BCUT2D eigenvalue weighted by Crippen LogP contribution is -2.12. The van der Waals surface area contributed by atoms with Gasteiger partial charge in [0.05, 0.1) is 19.8 Å². The van der Waals surface area contributed by atoms with Crippen molar-refractivity contribution in [2.75, 3.05) is 33.0 Å². The molecule has 0 spiro atoms. The monoisotopic (exact) mass is 260 g/mol. The molecule has 0 saturated carbocycles. The van der Waals surface area contributed by atoms with E-state index in [4.69, 9.17) is 14.2 Å². The van der Waals surface area contributed by atoms with E-state index in [0.29, 0.717) is 32.8 Å². The lowest BCUT2D eigenvalue weighted by Gasteiger charge is -2.06. The second-order valence-corrected chi connectivity index (χ2v) is 4.26. The SMILES string of the molecule is CCCCCC(=O)OCCOCCOCCCC. The molecule has 0 rings (SSSR count). The van der Waals surface area contributed by atoms with Gasteiger partial charge in [0.15, 0.2) is 0 Å². The number of hydrogen-bond acceptors (Lipinski definition) is 4. The summed E-state index contributed by atoms with van der Waals surface area (Å²) < 4.78 is 15.7. The fourth-order valence-electron chi connectivity index (χ4n) is 1.37. The highest BCUT2D eigenvalue weighted by Gasteiger charge is 2.01. The largest absolute Gasteiger partial charge is 0.463 e. The molecule has 0 saturated heterocycles. The van der Waals surface area contributed by atoms with Crippen molar-refractivity contribution in [3.8, 4) is 0 Å². The molecule has 0 amide bonds. The summed E-state index contributed by atoms with van der Waals surface area (Å²) in [6.45, 7) is 7.03. The number of unbranched alkanes of at least 4 members (excludes halogenated alkanes) is 3. The van der Waals surface area contributed by atoms with Crippen molar-refractivity contribution in [1.82, 2.24) is 0 Å². The molecule has 0 unspecified atom stereocenters. The minimum Gasteiger partial charge on any atom is -0.463 e. The van der Waals surface area contributed by atoms with Crippen molar-refractivity contribution in [3.63, 3.8) is 0 Å². The summed E-state index contributed by atoms with van der Waals surface area (Å²) in [6.07, 6.45) is 5.88. The van der Waals surface area contributed by atoms with Crippen molar-refractivity contribution in [1.29, 1.82) is 0 Å². The van der Waals surface area contributed by atoms with Crippen LogP contribution >= 0.6 is 0 Å². The van der Waals surface area contributed by atoms with Crippen molar-refractivity contribution in [2.45, 2.75) is 52.4 Å². The van der Waals surface area contributed by atoms with E-state index in [0.717, 1.165) is 38.7 Å². The van der Waals surface area contributed by atoms with Crippen molar-refractivity contribution < 1.29 is 19.0 Å². The molecule has 0 aromatic carbocycles. The lowest BCUT2D eigenvalue weighted by atomic mass is 10.2. The van der Waals surface area contributed by atoms with E-state index in [1.807, 2.05) is 0 Å². The van der Waals surface area contributed by atoms with Gasteiger partial charge in [0.1, 0.15) is 6.61 Å². The van der Waals surface area contributed by atoms with Gasteiger partial charge in [0.25, 0.3) is 0 Å². The van der Waals surface area contributed by atoms with Crippen LogP contribution in [-0.2, 0) is 19.0 Å². The molecule has 0 aliphatic rings. The standard InChI is InChI=1S/C14H28O4/c1-3-5-7-8-14(15)18-13-12-17-11-10-16-9-6-4-2/h3-13H2,1-2H3. The van der Waals surface area contributed by atoms with E-state index < -0.39 is 0 Å². The van der Waals surface area contributed by atoms with Crippen LogP contribution in [0.1, 0.15) is 52.4 Å². The highest BCUT2D eigenvalue weighted by atomic mass is 16.6. The molecule has 108 valence electrons. The molecule has 0 radical (unpaired) electrons. The van der Waals surface area contributed by atoms with Crippen LogP contribution in [-0.4, -0.2) is 39.0 Å². The Morgan fingerprint density at radius 2 is 1.39 bits per heavy atom. The molecule has 0 aliphatic carbocycles. The van der Waals surface area contributed by atoms with Crippen LogP contribution < -0.4 is 0 Å². The molecule has 4 nitrogen and oxygen atoms in total. The number of carbonyl (C=O) groups excluding carboxylic acids is 1. The van der Waals surface area contributed by atoms with Crippen LogP contribution in [0.15, 0.2) is 0 Å². The summed E-state index contributed by atoms with van der Waals surface area (Å²) in [5.74, 6) is -0.119. The van der Waals surface area contributed by atoms with E-state index in [1.165, 1.54) is 0 Å². The summed E-state index contributed by atoms with van der Waals surface area (Å²) in [4.78, 5) is 11.2. The molecule has 0 aliphatic heterocycles. The first-order valence-corrected chi connectivity index (χ1v) is 7.12. The molecule has 0 N–H and O–H groups in total. The van der Waals surface area contributed by atoms with Gasteiger partial charge in [0.2, 0.25) is 0 Å². The van der Waals surface area contributed by atoms with E-state index in [2.05, 4.69) is 13.8 Å². The molecule has 0 heterocycles. The first-order valence-electron chi connectivity index (χ1n) is 7.12. The van der Waals surface area contributed by atoms with Gasteiger partial charge >= 0.3 is 5.97 Å². The molecule has 0 atom stereocenters. The van der Waals surface area contributed by atoms with Gasteiger partial charge < -0.3 is 14.2 Å². The summed E-state index contributed by atoms with van der Waals surface area (Å²) in [6, 6.07) is 0. The Morgan fingerprint density at radius 1 is 0.778 bits per heavy atom. The molecule has 0 fully saturated rings. The van der Waals surface area contributed by atoms with Crippen LogP contribution in [0.4, 0.5) is 0 Å². The van der Waals surface area contributed by atoms with Crippen LogP contribution in [0, 0.1) is 0 Å². The molecule has 0 aromatic rings. The summed E-state index contributed by atoms with van der Waals surface area (Å²) >= 11 is 0. The second-order valence-electron chi connectivity index (χ2n) is 4.26. The maximum atomic E-state index is 11.2. The average Bonchev–Trinajstić information content (AvgIpc) is 2.37. The van der Waals surface area contributed by atoms with Gasteiger partial charge in [-0.2, -0.15) is 0 Å². The molecule has 0 aromatic heterocycles. The molecule has 18 heavy (non-hydrogen) atoms. The van der Waals surface area contributed by atoms with Crippen molar-refractivity contribution >= 4 is 5.97 Å². The first-order chi connectivity index (χ1) is 8.81. The van der Waals surface area contributed by atoms with Gasteiger partial charge in [0, 0.05) is 13.0 Å². The first kappa shape index (κ1) is 17.4. The number of rotatable bonds is 13. The predicted molar refractivity (Wildman–Crippen MR) is 71.6 cm³/mol. The molecule has 4 heteroatoms. The van der Waals surface area contributed by atoms with Crippen LogP contribution in [0.5, 0.6) is 0 Å². The Hall–Kier alpha value is -0.610. The average molecular weight is 260 g/mol. The number of ether oxygens (including phenoxy) is 3. The van der Waals surface area contributed by atoms with E-state index >= 15 is 0 Å². The predicted octanol–water partition coefficient (Wildman–Crippen LogP) is 2.94. The van der Waals surface area contributed by atoms with Crippen molar-refractivity contribution in [3.05, 3.63) is 0 Å². The topological polar surface area (TPSA) is 44.8 Å². The minimum absolute atomic E-state index is 0.119. The number of carbonyl (C=O) groups is 1. The van der Waals surface area contributed by atoms with E-state index in [-0.39, 0.29) is 5.97 Å². The van der Waals surface area contributed by atoms with Gasteiger partial charge in [-0.05, 0) is 12.8 Å². The Kier molecular flexibility index (Phi) is 14.0. The van der Waals surface area contributed by atoms with Gasteiger partial charge in [-0.15, -0.1) is 0 Å². The third-order valence-corrected chi connectivity index (χ3v) is 2.49. The van der Waals surface area contributed by atoms with Gasteiger partial charge in [-0.1, -0.05) is 33.1 Å². The maximum Gasteiger partial charge on any atom is 0.305 e. The molecular formula is C14H28O4. The maximum absolute atomic E-state index is 11.2. The smallest absolute Gasteiger partial charge is 0.305 e. The summed E-state index contributed by atoms with van der Waals surface area (Å²) in [5.41, 5.74) is 0. The zero-order chi connectivity index (χ0) is 13.5. The fourth-order valence-corrected chi connectivity index (χ4v) is 1.37. The highest BCUT2D eigenvalue weighted by molar-refractivity contribution is 5.69. The quantitative estimate of drug-likeness (QED) is 0.377. The lowest BCUT2D eigenvalue weighted by molar-refractivity contribution is -0.145. The zero-order valence-corrected chi connectivity index (χ0v) is 11.9. The third kappa shape index (κ3) is 13.5. The normalized spacial score (nSPS) is 10.6. The molecule has 0 bridgehead atoms. The Bertz CT molecular complexity index is 183. The Labute approximate surface area is 111 Å². The second kappa shape index (κ2) is 14.5. The summed E-state index contributed by atoms with van der Waals surface area (Å²) in [5, 5.41) is 0. The van der Waals surface area contributed by atoms with Crippen LogP contribution in [0.25, 0.3) is 0 Å².